The van der Waals surface area contributed by atoms with Gasteiger partial charge in [-0.05, 0) is 45.2 Å². The summed E-state index contributed by atoms with van der Waals surface area (Å²) in [6.07, 6.45) is 4.02. The number of aromatic nitrogens is 1. The van der Waals surface area contributed by atoms with E-state index in [1.165, 1.54) is 0 Å². The molecule has 0 saturated carbocycles. The molecular weight excluding hydrogens is 596 g/mol. The highest BCUT2D eigenvalue weighted by Gasteiger charge is 2.37. The van der Waals surface area contributed by atoms with E-state index < -0.39 is 24.0 Å². The molecular formula is C34H43ClN4O6. The number of hydrogen-bond donors (Lipinski definition) is 2. The van der Waals surface area contributed by atoms with Gasteiger partial charge in [0.15, 0.2) is 18.7 Å². The lowest BCUT2D eigenvalue weighted by atomic mass is 9.84. The Kier molecular flexibility index (Phi) is 10.8. The van der Waals surface area contributed by atoms with Gasteiger partial charge >= 0.3 is 12.2 Å². The number of fused-ring (bicyclic) bond motifs is 3. The molecule has 242 valence electrons. The number of nitrogens with one attached hydrogen (secondary N) is 2. The molecule has 4 atom stereocenters. The lowest BCUT2D eigenvalue weighted by Crippen LogP contribution is -3.11. The van der Waals surface area contributed by atoms with Crippen LogP contribution < -0.4 is 22.6 Å². The Morgan fingerprint density at radius 3 is 2.53 bits per heavy atom. The zero-order valence-corrected chi connectivity index (χ0v) is 27.3. The zero-order chi connectivity index (χ0) is 31.4. The number of para-hydroxylation sites is 1. The summed E-state index contributed by atoms with van der Waals surface area (Å²) in [7, 11) is 2.04. The molecule has 0 spiro atoms. The van der Waals surface area contributed by atoms with Gasteiger partial charge in [-0.25, -0.2) is 9.59 Å². The van der Waals surface area contributed by atoms with Gasteiger partial charge in [0.1, 0.15) is 17.9 Å². The van der Waals surface area contributed by atoms with Crippen LogP contribution in [0.3, 0.4) is 0 Å². The van der Waals surface area contributed by atoms with Gasteiger partial charge in [-0.2, -0.15) is 0 Å². The van der Waals surface area contributed by atoms with Gasteiger partial charge in [-0.15, -0.1) is 0 Å². The fourth-order valence-corrected chi connectivity index (χ4v) is 6.06. The summed E-state index contributed by atoms with van der Waals surface area (Å²) in [6.45, 7) is 8.38. The molecule has 45 heavy (non-hydrogen) atoms. The van der Waals surface area contributed by atoms with Crippen molar-refractivity contribution in [1.82, 2.24) is 14.8 Å². The second-order valence-corrected chi connectivity index (χ2v) is 12.5. The normalized spacial score (nSPS) is 19.9. The largest absolute Gasteiger partial charge is 1.00 e. The molecule has 1 aromatic heterocycles. The Hall–Kier alpha value is -4.02. The standard InChI is InChI=1S/C34H42N4O6.ClH/c1-23-37(21-25-15-16-28-30(31(25)39)26-13-9-10-14-27(26)36(28)5)19-20-38(23)22-42-33(41)43-29(24-11-7-6-8-12-24)17-18-35-32(40)44-34(2,3)4;/h6-14,19-20,23,25,29H,15-18,21-22H2,1-5H3,(H,35,40);1H. The lowest BCUT2D eigenvalue weighted by Gasteiger charge is -2.29. The van der Waals surface area contributed by atoms with E-state index in [4.69, 9.17) is 14.2 Å². The molecule has 11 heteroatoms. The fraction of sp³-hybridized carbons (Fsp3) is 0.441. The van der Waals surface area contributed by atoms with Crippen LogP contribution >= 0.6 is 0 Å². The summed E-state index contributed by atoms with van der Waals surface area (Å²) < 4.78 is 18.7. The first-order valence-corrected chi connectivity index (χ1v) is 15.3. The van der Waals surface area contributed by atoms with Gasteiger partial charge in [-0.1, -0.05) is 48.5 Å². The number of hydrogen-bond acceptors (Lipinski definition) is 7. The number of amides is 1. The number of alkyl carbamates (subject to hydrolysis) is 1. The highest BCUT2D eigenvalue weighted by atomic mass is 35.5. The summed E-state index contributed by atoms with van der Waals surface area (Å²) in [5.74, 6) is 0.129. The first kappa shape index (κ1) is 33.9. The SMILES string of the molecule is CC1N(COC(=O)OC(CCNC(=O)OC(C)(C)C)c2ccccc2)C=C[NH+]1CC1CCc2c(c3ccccc3n2C)C1=O.[Cl-]. The predicted molar refractivity (Wildman–Crippen MR) is 166 cm³/mol. The Morgan fingerprint density at radius 2 is 1.80 bits per heavy atom. The van der Waals surface area contributed by atoms with Crippen LogP contribution in [-0.4, -0.2) is 59.1 Å². The molecule has 2 heterocycles. The quantitative estimate of drug-likeness (QED) is 0.344. The van der Waals surface area contributed by atoms with Crippen LogP contribution in [0.15, 0.2) is 67.0 Å². The second-order valence-electron chi connectivity index (χ2n) is 12.5. The van der Waals surface area contributed by atoms with Crippen molar-refractivity contribution in [2.45, 2.75) is 64.8 Å². The number of carbonyl (C=O) groups is 3. The minimum atomic E-state index is -0.795. The number of nitrogens with zero attached hydrogens (tertiary/aromatic N) is 2. The van der Waals surface area contributed by atoms with Crippen LogP contribution in [0.25, 0.3) is 10.9 Å². The minimum Gasteiger partial charge on any atom is -1.00 e. The summed E-state index contributed by atoms with van der Waals surface area (Å²) >= 11 is 0. The monoisotopic (exact) mass is 638 g/mol. The number of aryl methyl sites for hydroxylation is 1. The van der Waals surface area contributed by atoms with Crippen LogP contribution in [0.5, 0.6) is 0 Å². The third-order valence-corrected chi connectivity index (χ3v) is 8.39. The van der Waals surface area contributed by atoms with E-state index in [1.54, 1.807) is 20.8 Å². The topological polar surface area (TPSA) is 104 Å². The molecule has 2 aromatic carbocycles. The van der Waals surface area contributed by atoms with Crippen molar-refractivity contribution in [3.8, 4) is 0 Å². The van der Waals surface area contributed by atoms with E-state index in [9.17, 15) is 14.4 Å². The van der Waals surface area contributed by atoms with Crippen molar-refractivity contribution in [3.63, 3.8) is 0 Å². The molecule has 1 amide bonds. The number of quaternary nitrogens is 1. The summed E-state index contributed by atoms with van der Waals surface area (Å²) in [6, 6.07) is 17.5. The number of benzene rings is 2. The molecule has 4 unspecified atom stereocenters. The minimum absolute atomic E-state index is 0. The molecule has 1 aliphatic carbocycles. The maximum absolute atomic E-state index is 13.6. The Balaban J connectivity index is 0.00000461. The van der Waals surface area contributed by atoms with E-state index in [-0.39, 0.29) is 43.5 Å². The first-order valence-electron chi connectivity index (χ1n) is 15.3. The maximum atomic E-state index is 13.6. The van der Waals surface area contributed by atoms with Gasteiger partial charge < -0.3 is 36.5 Å². The van der Waals surface area contributed by atoms with Gasteiger partial charge in [-0.3, -0.25) is 14.6 Å². The second kappa shape index (κ2) is 14.4. The number of Topliss-reactive ketones (excluding diaryl/α,β-unsaturated/α-hetero) is 1. The molecule has 0 bridgehead atoms. The summed E-state index contributed by atoms with van der Waals surface area (Å²) in [5, 5.41) is 3.74. The fourth-order valence-electron chi connectivity index (χ4n) is 6.06. The van der Waals surface area contributed by atoms with Crippen LogP contribution in [0.4, 0.5) is 9.59 Å². The van der Waals surface area contributed by atoms with Crippen molar-refractivity contribution >= 4 is 28.9 Å². The van der Waals surface area contributed by atoms with Crippen LogP contribution in [0.1, 0.15) is 68.3 Å². The third-order valence-electron chi connectivity index (χ3n) is 8.39. The van der Waals surface area contributed by atoms with Crippen molar-refractivity contribution < 1.29 is 45.9 Å². The average molecular weight is 639 g/mol. The molecule has 1 aliphatic heterocycles. The number of ketones is 1. The maximum Gasteiger partial charge on any atom is 0.510 e. The lowest BCUT2D eigenvalue weighted by molar-refractivity contribution is -0.878. The highest BCUT2D eigenvalue weighted by Crippen LogP contribution is 2.33. The van der Waals surface area contributed by atoms with E-state index in [1.807, 2.05) is 72.9 Å². The van der Waals surface area contributed by atoms with Crippen LogP contribution in [0, 0.1) is 5.92 Å². The zero-order valence-electron chi connectivity index (χ0n) is 26.5. The molecule has 0 fully saturated rings. The van der Waals surface area contributed by atoms with E-state index in [0.29, 0.717) is 13.0 Å². The summed E-state index contributed by atoms with van der Waals surface area (Å²) in [5.41, 5.74) is 3.28. The number of rotatable bonds is 9. The molecule has 2 N–H and O–H groups in total. The van der Waals surface area contributed by atoms with E-state index in [2.05, 4.69) is 22.9 Å². The highest BCUT2D eigenvalue weighted by molar-refractivity contribution is 6.11. The Bertz CT molecular complexity index is 1530. The molecule has 0 saturated heterocycles. The molecule has 2 aliphatic rings. The van der Waals surface area contributed by atoms with Crippen molar-refractivity contribution in [2.24, 2.45) is 13.0 Å². The molecule has 10 nitrogen and oxygen atoms in total. The molecule has 3 aromatic rings. The molecule has 0 radical (unpaired) electrons. The Morgan fingerprint density at radius 1 is 1.09 bits per heavy atom. The van der Waals surface area contributed by atoms with E-state index >= 15 is 0 Å². The van der Waals surface area contributed by atoms with Crippen molar-refractivity contribution in [1.29, 1.82) is 0 Å². The van der Waals surface area contributed by atoms with Gasteiger partial charge in [0.25, 0.3) is 0 Å². The van der Waals surface area contributed by atoms with Crippen LogP contribution in [0.2, 0.25) is 0 Å². The number of ether oxygens (including phenoxy) is 3. The van der Waals surface area contributed by atoms with Crippen LogP contribution in [-0.2, 0) is 27.7 Å². The van der Waals surface area contributed by atoms with Gasteiger partial charge in [0.05, 0.1) is 18.7 Å². The Labute approximate surface area is 270 Å². The smallest absolute Gasteiger partial charge is 0.510 e. The van der Waals surface area contributed by atoms with Gasteiger partial charge in [0, 0.05) is 49.1 Å². The van der Waals surface area contributed by atoms with Crippen molar-refractivity contribution in [3.05, 3.63) is 83.8 Å². The third kappa shape index (κ3) is 7.99. The summed E-state index contributed by atoms with van der Waals surface area (Å²) in [4.78, 5) is 41.6. The van der Waals surface area contributed by atoms with Gasteiger partial charge in [0.2, 0.25) is 0 Å². The predicted octanol–water partition coefficient (Wildman–Crippen LogP) is 1.71. The van der Waals surface area contributed by atoms with Crippen molar-refractivity contribution in [2.75, 3.05) is 19.8 Å². The number of halogens is 1. The first-order chi connectivity index (χ1) is 21.0. The number of carbonyl (C=O) groups excluding carboxylic acids is 3. The molecule has 5 rings (SSSR count). The van der Waals surface area contributed by atoms with E-state index in [0.717, 1.165) is 45.5 Å². The average Bonchev–Trinajstić information content (AvgIpc) is 3.48.